The lowest BCUT2D eigenvalue weighted by Gasteiger charge is -2.28. The average molecular weight is 371 g/mol. The molecule has 0 aliphatic rings. The van der Waals surface area contributed by atoms with Crippen LogP contribution in [0.15, 0.2) is 91.0 Å². The highest BCUT2D eigenvalue weighted by molar-refractivity contribution is 6.02. The molecule has 3 aromatic rings. The molecule has 0 saturated heterocycles. The van der Waals surface area contributed by atoms with E-state index in [0.717, 1.165) is 11.1 Å². The summed E-state index contributed by atoms with van der Waals surface area (Å²) in [6, 6.07) is 29.0. The van der Waals surface area contributed by atoms with Crippen molar-refractivity contribution in [1.29, 1.82) is 0 Å². The second-order valence-electron chi connectivity index (χ2n) is 7.13. The van der Waals surface area contributed by atoms with Gasteiger partial charge in [0, 0.05) is 32.0 Å². The normalized spacial score (nSPS) is 12.8. The van der Waals surface area contributed by atoms with Crippen molar-refractivity contribution < 1.29 is 9.59 Å². The van der Waals surface area contributed by atoms with Gasteiger partial charge in [-0.1, -0.05) is 91.0 Å². The summed E-state index contributed by atoms with van der Waals surface area (Å²) in [5.74, 6) is -0.635. The largest absolute Gasteiger partial charge is 0.349 e. The highest BCUT2D eigenvalue weighted by atomic mass is 16.2. The number of rotatable bonds is 7. The van der Waals surface area contributed by atoms with E-state index >= 15 is 0 Å². The van der Waals surface area contributed by atoms with E-state index in [2.05, 4.69) is 0 Å². The topological polar surface area (TPSA) is 37.4 Å². The summed E-state index contributed by atoms with van der Waals surface area (Å²) in [6.45, 7) is 0. The molecule has 2 unspecified atom stereocenters. The molecule has 0 aliphatic heterocycles. The van der Waals surface area contributed by atoms with Gasteiger partial charge in [0.05, 0.1) is 5.92 Å². The molecule has 3 heteroatoms. The average Bonchev–Trinajstić information content (AvgIpc) is 2.75. The molecule has 0 bridgehead atoms. The van der Waals surface area contributed by atoms with Crippen LogP contribution < -0.4 is 0 Å². The number of carbonyl (C=O) groups excluding carboxylic acids is 2. The van der Waals surface area contributed by atoms with Crippen LogP contribution in [0, 0.1) is 0 Å². The minimum atomic E-state index is -0.435. The van der Waals surface area contributed by atoms with E-state index in [9.17, 15) is 9.59 Å². The van der Waals surface area contributed by atoms with Crippen LogP contribution in [0.25, 0.3) is 0 Å². The van der Waals surface area contributed by atoms with Crippen LogP contribution in [-0.2, 0) is 4.79 Å². The summed E-state index contributed by atoms with van der Waals surface area (Å²) in [5.41, 5.74) is 2.59. The quantitative estimate of drug-likeness (QED) is 0.553. The highest BCUT2D eigenvalue weighted by Crippen LogP contribution is 2.38. The van der Waals surface area contributed by atoms with Gasteiger partial charge in [-0.25, -0.2) is 0 Å². The Labute approximate surface area is 166 Å². The number of nitrogens with zero attached hydrogens (tertiary/aromatic N) is 1. The van der Waals surface area contributed by atoms with Crippen molar-refractivity contribution in [3.8, 4) is 0 Å². The van der Waals surface area contributed by atoms with Gasteiger partial charge in [-0.05, 0) is 11.1 Å². The van der Waals surface area contributed by atoms with Crippen molar-refractivity contribution in [1.82, 2.24) is 4.90 Å². The van der Waals surface area contributed by atoms with Crippen molar-refractivity contribution in [3.63, 3.8) is 0 Å². The van der Waals surface area contributed by atoms with E-state index in [1.54, 1.807) is 19.0 Å². The maximum atomic E-state index is 13.6. The number of hydrogen-bond acceptors (Lipinski definition) is 2. The van der Waals surface area contributed by atoms with Crippen LogP contribution in [-0.4, -0.2) is 30.7 Å². The molecule has 3 nitrogen and oxygen atoms in total. The van der Waals surface area contributed by atoms with Crippen molar-refractivity contribution in [3.05, 3.63) is 108 Å². The Bertz CT molecular complexity index is 905. The standard InChI is InChI=1S/C25H25NO2/c1-26(2)23(27)18-22(19-12-6-3-7-13-19)24(20-14-8-4-9-15-20)25(28)21-16-10-5-11-17-21/h3-17,22,24H,18H2,1-2H3. The van der Waals surface area contributed by atoms with Gasteiger partial charge in [0.15, 0.2) is 5.78 Å². The number of benzene rings is 3. The molecule has 0 radical (unpaired) electrons. The molecule has 0 aliphatic carbocycles. The smallest absolute Gasteiger partial charge is 0.222 e. The van der Waals surface area contributed by atoms with Gasteiger partial charge < -0.3 is 4.90 Å². The highest BCUT2D eigenvalue weighted by Gasteiger charge is 2.33. The van der Waals surface area contributed by atoms with E-state index in [-0.39, 0.29) is 24.0 Å². The number of Topliss-reactive ketones (excluding diaryl/α,β-unsaturated/α-hetero) is 1. The van der Waals surface area contributed by atoms with Crippen LogP contribution in [0.4, 0.5) is 0 Å². The Morgan fingerprint density at radius 3 is 1.68 bits per heavy atom. The fourth-order valence-corrected chi connectivity index (χ4v) is 3.51. The van der Waals surface area contributed by atoms with Gasteiger partial charge in [0.25, 0.3) is 0 Å². The minimum absolute atomic E-state index is 0.00986. The molecular formula is C25H25NO2. The first kappa shape index (κ1) is 19.6. The second-order valence-corrected chi connectivity index (χ2v) is 7.13. The Hall–Kier alpha value is -3.20. The summed E-state index contributed by atoms with van der Waals surface area (Å²) in [7, 11) is 3.50. The molecule has 0 N–H and O–H groups in total. The maximum absolute atomic E-state index is 13.6. The fourth-order valence-electron chi connectivity index (χ4n) is 3.51. The summed E-state index contributed by atoms with van der Waals surface area (Å²) >= 11 is 0. The summed E-state index contributed by atoms with van der Waals surface area (Å²) < 4.78 is 0. The molecule has 0 heterocycles. The van der Waals surface area contributed by atoms with Crippen molar-refractivity contribution in [2.45, 2.75) is 18.3 Å². The van der Waals surface area contributed by atoms with Crippen molar-refractivity contribution >= 4 is 11.7 Å². The third-order valence-electron chi connectivity index (χ3n) is 5.02. The van der Waals surface area contributed by atoms with E-state index in [1.807, 2.05) is 91.0 Å². The zero-order valence-corrected chi connectivity index (χ0v) is 16.3. The van der Waals surface area contributed by atoms with Crippen LogP contribution in [0.1, 0.15) is 39.7 Å². The Kier molecular flexibility index (Phi) is 6.38. The molecule has 2 atom stereocenters. The minimum Gasteiger partial charge on any atom is -0.349 e. The van der Waals surface area contributed by atoms with Crippen LogP contribution in [0.2, 0.25) is 0 Å². The third kappa shape index (κ3) is 4.55. The molecule has 0 saturated carbocycles. The van der Waals surface area contributed by atoms with Crippen LogP contribution >= 0.6 is 0 Å². The SMILES string of the molecule is CN(C)C(=O)CC(c1ccccc1)C(C(=O)c1ccccc1)c1ccccc1. The first-order valence-corrected chi connectivity index (χ1v) is 9.47. The monoisotopic (exact) mass is 371 g/mol. The Morgan fingerprint density at radius 1 is 0.714 bits per heavy atom. The summed E-state index contributed by atoms with van der Waals surface area (Å²) in [5, 5.41) is 0. The molecule has 0 aromatic heterocycles. The third-order valence-corrected chi connectivity index (χ3v) is 5.02. The van der Waals surface area contributed by atoms with Gasteiger partial charge >= 0.3 is 0 Å². The van der Waals surface area contributed by atoms with Gasteiger partial charge in [0.1, 0.15) is 0 Å². The van der Waals surface area contributed by atoms with Gasteiger partial charge in [0.2, 0.25) is 5.91 Å². The molecule has 3 aromatic carbocycles. The Morgan fingerprint density at radius 2 is 1.18 bits per heavy atom. The van der Waals surface area contributed by atoms with Crippen LogP contribution in [0.3, 0.4) is 0 Å². The predicted molar refractivity (Wildman–Crippen MR) is 112 cm³/mol. The van der Waals surface area contributed by atoms with Gasteiger partial charge in [-0.15, -0.1) is 0 Å². The second kappa shape index (κ2) is 9.14. The number of carbonyl (C=O) groups is 2. The molecule has 1 amide bonds. The molecular weight excluding hydrogens is 346 g/mol. The predicted octanol–water partition coefficient (Wildman–Crippen LogP) is 4.92. The molecule has 3 rings (SSSR count). The molecule has 142 valence electrons. The zero-order chi connectivity index (χ0) is 19.9. The number of hydrogen-bond donors (Lipinski definition) is 0. The molecule has 0 spiro atoms. The number of ketones is 1. The lowest BCUT2D eigenvalue weighted by Crippen LogP contribution is -2.28. The van der Waals surface area contributed by atoms with E-state index in [0.29, 0.717) is 5.56 Å². The summed E-state index contributed by atoms with van der Waals surface area (Å²) in [6.07, 6.45) is 0.273. The zero-order valence-electron chi connectivity index (χ0n) is 16.3. The first-order chi connectivity index (χ1) is 13.6. The maximum Gasteiger partial charge on any atom is 0.222 e. The molecule has 28 heavy (non-hydrogen) atoms. The van der Waals surface area contributed by atoms with Crippen LogP contribution in [0.5, 0.6) is 0 Å². The first-order valence-electron chi connectivity index (χ1n) is 9.47. The lowest BCUT2D eigenvalue weighted by molar-refractivity contribution is -0.129. The van der Waals surface area contributed by atoms with Crippen molar-refractivity contribution in [2.24, 2.45) is 0 Å². The lowest BCUT2D eigenvalue weighted by atomic mass is 9.75. The van der Waals surface area contributed by atoms with E-state index in [4.69, 9.17) is 0 Å². The van der Waals surface area contributed by atoms with E-state index < -0.39 is 5.92 Å². The number of amides is 1. The fraction of sp³-hybridized carbons (Fsp3) is 0.200. The van der Waals surface area contributed by atoms with Gasteiger partial charge in [-0.2, -0.15) is 0 Å². The Balaban J connectivity index is 2.11. The van der Waals surface area contributed by atoms with E-state index in [1.165, 1.54) is 0 Å². The van der Waals surface area contributed by atoms with Crippen molar-refractivity contribution in [2.75, 3.05) is 14.1 Å². The van der Waals surface area contributed by atoms with Gasteiger partial charge in [-0.3, -0.25) is 9.59 Å². The summed E-state index contributed by atoms with van der Waals surface area (Å²) in [4.78, 5) is 27.8. The molecule has 0 fully saturated rings.